The zero-order chi connectivity index (χ0) is 11.0. The standard InChI is InChI=1S/C13H9NS2/c15-13-14-11-7-6-10(8-12(11)16-13)9-4-2-1-3-5-9/h1-8H,(H,14,15). The summed E-state index contributed by atoms with van der Waals surface area (Å²) in [4.78, 5) is 3.17. The van der Waals surface area contributed by atoms with E-state index in [4.69, 9.17) is 12.2 Å². The Hall–Kier alpha value is -1.45. The van der Waals surface area contributed by atoms with Gasteiger partial charge in [0.15, 0.2) is 3.95 Å². The Balaban J connectivity index is 2.22. The zero-order valence-corrected chi connectivity index (χ0v) is 10.1. The molecule has 3 heteroatoms. The summed E-state index contributed by atoms with van der Waals surface area (Å²) in [5, 5.41) is 0. The molecular weight excluding hydrogens is 234 g/mol. The van der Waals surface area contributed by atoms with Crippen molar-refractivity contribution in [1.29, 1.82) is 0 Å². The summed E-state index contributed by atoms with van der Waals surface area (Å²) >= 11 is 6.76. The lowest BCUT2D eigenvalue weighted by Crippen LogP contribution is -1.76. The van der Waals surface area contributed by atoms with Crippen LogP contribution in [-0.4, -0.2) is 4.98 Å². The maximum Gasteiger partial charge on any atom is 0.159 e. The molecule has 16 heavy (non-hydrogen) atoms. The molecule has 0 fully saturated rings. The van der Waals surface area contributed by atoms with Crippen molar-refractivity contribution in [3.63, 3.8) is 0 Å². The molecule has 0 aliphatic heterocycles. The van der Waals surface area contributed by atoms with Crippen molar-refractivity contribution >= 4 is 33.8 Å². The molecule has 3 aromatic rings. The van der Waals surface area contributed by atoms with Crippen LogP contribution in [0.25, 0.3) is 21.3 Å². The Kier molecular flexibility index (Phi) is 2.35. The third-order valence-corrected chi connectivity index (χ3v) is 3.73. The average molecular weight is 243 g/mol. The van der Waals surface area contributed by atoms with E-state index in [-0.39, 0.29) is 0 Å². The van der Waals surface area contributed by atoms with Gasteiger partial charge in [-0.05, 0) is 35.5 Å². The van der Waals surface area contributed by atoms with Gasteiger partial charge in [0, 0.05) is 0 Å². The quantitative estimate of drug-likeness (QED) is 0.616. The molecule has 78 valence electrons. The van der Waals surface area contributed by atoms with Crippen LogP contribution in [0.2, 0.25) is 0 Å². The summed E-state index contributed by atoms with van der Waals surface area (Å²) in [7, 11) is 0. The molecule has 1 N–H and O–H groups in total. The Morgan fingerprint density at radius 2 is 1.75 bits per heavy atom. The molecule has 0 bridgehead atoms. The van der Waals surface area contributed by atoms with Gasteiger partial charge in [-0.1, -0.05) is 36.4 Å². The van der Waals surface area contributed by atoms with Gasteiger partial charge in [-0.2, -0.15) is 0 Å². The molecular formula is C13H9NS2. The van der Waals surface area contributed by atoms with Crippen molar-refractivity contribution in [3.8, 4) is 11.1 Å². The average Bonchev–Trinajstić information content (AvgIpc) is 2.69. The third kappa shape index (κ3) is 1.68. The highest BCUT2D eigenvalue weighted by Crippen LogP contribution is 2.26. The van der Waals surface area contributed by atoms with Crippen molar-refractivity contribution in [2.45, 2.75) is 0 Å². The molecule has 1 heterocycles. The summed E-state index contributed by atoms with van der Waals surface area (Å²) in [6.07, 6.45) is 0. The van der Waals surface area contributed by atoms with Crippen LogP contribution in [0.15, 0.2) is 48.5 Å². The molecule has 1 nitrogen and oxygen atoms in total. The maximum atomic E-state index is 5.14. The van der Waals surface area contributed by atoms with Crippen molar-refractivity contribution in [2.24, 2.45) is 0 Å². The lowest BCUT2D eigenvalue weighted by Gasteiger charge is -2.00. The number of benzene rings is 2. The number of H-pyrrole nitrogens is 1. The van der Waals surface area contributed by atoms with Crippen LogP contribution in [0.5, 0.6) is 0 Å². The molecule has 0 saturated carbocycles. The van der Waals surface area contributed by atoms with E-state index in [9.17, 15) is 0 Å². The minimum absolute atomic E-state index is 0.834. The molecule has 0 aliphatic carbocycles. The normalized spacial score (nSPS) is 10.8. The van der Waals surface area contributed by atoms with Gasteiger partial charge in [-0.3, -0.25) is 0 Å². The molecule has 0 atom stereocenters. The number of thiazole rings is 1. The molecule has 0 amide bonds. The van der Waals surface area contributed by atoms with E-state index in [1.54, 1.807) is 11.3 Å². The van der Waals surface area contributed by atoms with Crippen LogP contribution in [0.3, 0.4) is 0 Å². The van der Waals surface area contributed by atoms with E-state index >= 15 is 0 Å². The van der Waals surface area contributed by atoms with Gasteiger partial charge < -0.3 is 4.98 Å². The highest BCUT2D eigenvalue weighted by Gasteiger charge is 2.00. The van der Waals surface area contributed by atoms with Crippen molar-refractivity contribution < 1.29 is 0 Å². The smallest absolute Gasteiger partial charge is 0.159 e. The Bertz CT molecular complexity index is 680. The first kappa shape index (κ1) is 9.75. The van der Waals surface area contributed by atoms with Crippen LogP contribution >= 0.6 is 23.6 Å². The maximum absolute atomic E-state index is 5.14. The molecule has 2 aromatic carbocycles. The van der Waals surface area contributed by atoms with Crippen LogP contribution in [0, 0.1) is 3.95 Å². The van der Waals surface area contributed by atoms with E-state index in [1.165, 1.54) is 15.8 Å². The second-order valence-corrected chi connectivity index (χ2v) is 5.31. The number of rotatable bonds is 1. The number of hydrogen-bond donors (Lipinski definition) is 1. The Morgan fingerprint density at radius 3 is 2.56 bits per heavy atom. The van der Waals surface area contributed by atoms with Gasteiger partial charge in [-0.15, -0.1) is 11.3 Å². The Morgan fingerprint density at radius 1 is 0.938 bits per heavy atom. The predicted octanol–water partition coefficient (Wildman–Crippen LogP) is 4.63. The number of aromatic amines is 1. The summed E-state index contributed by atoms with van der Waals surface area (Å²) < 4.78 is 2.05. The van der Waals surface area contributed by atoms with Crippen LogP contribution in [-0.2, 0) is 0 Å². The third-order valence-electron chi connectivity index (χ3n) is 2.53. The molecule has 0 unspecified atom stereocenters. The van der Waals surface area contributed by atoms with Crippen molar-refractivity contribution in [1.82, 2.24) is 4.98 Å². The second-order valence-electron chi connectivity index (χ2n) is 3.59. The van der Waals surface area contributed by atoms with Crippen molar-refractivity contribution in [3.05, 3.63) is 52.5 Å². The van der Waals surface area contributed by atoms with Crippen molar-refractivity contribution in [2.75, 3.05) is 0 Å². The first-order valence-corrected chi connectivity index (χ1v) is 6.24. The summed E-state index contributed by atoms with van der Waals surface area (Å²) in [6, 6.07) is 16.8. The van der Waals surface area contributed by atoms with E-state index < -0.39 is 0 Å². The lowest BCUT2D eigenvalue weighted by molar-refractivity contribution is 1.47. The van der Waals surface area contributed by atoms with Gasteiger partial charge in [0.1, 0.15) is 0 Å². The topological polar surface area (TPSA) is 15.8 Å². The van der Waals surface area contributed by atoms with Gasteiger partial charge in [0.25, 0.3) is 0 Å². The Labute approximate surface area is 102 Å². The fraction of sp³-hybridized carbons (Fsp3) is 0. The predicted molar refractivity (Wildman–Crippen MR) is 72.4 cm³/mol. The molecule has 1 aromatic heterocycles. The minimum Gasteiger partial charge on any atom is -0.337 e. The van der Waals surface area contributed by atoms with E-state index in [2.05, 4.69) is 47.4 Å². The fourth-order valence-corrected chi connectivity index (χ4v) is 2.91. The molecule has 0 spiro atoms. The summed E-state index contributed by atoms with van der Waals surface area (Å²) in [5.74, 6) is 0. The molecule has 0 aliphatic rings. The molecule has 0 saturated heterocycles. The molecule has 3 rings (SSSR count). The first-order valence-electron chi connectivity index (χ1n) is 5.01. The fourth-order valence-electron chi connectivity index (χ4n) is 1.76. The number of nitrogens with one attached hydrogen (secondary N) is 1. The number of hydrogen-bond acceptors (Lipinski definition) is 2. The van der Waals surface area contributed by atoms with Gasteiger partial charge in [0.05, 0.1) is 10.2 Å². The largest absolute Gasteiger partial charge is 0.337 e. The van der Waals surface area contributed by atoms with Gasteiger partial charge >= 0.3 is 0 Å². The minimum atomic E-state index is 0.834. The SMILES string of the molecule is S=c1[nH]c2ccc(-c3ccccc3)cc2s1. The summed E-state index contributed by atoms with van der Waals surface area (Å²) in [6.45, 7) is 0. The monoisotopic (exact) mass is 243 g/mol. The zero-order valence-electron chi connectivity index (χ0n) is 8.44. The highest BCUT2D eigenvalue weighted by molar-refractivity contribution is 7.73. The number of fused-ring (bicyclic) bond motifs is 1. The van der Waals surface area contributed by atoms with Crippen LogP contribution < -0.4 is 0 Å². The molecule has 0 radical (unpaired) electrons. The lowest BCUT2D eigenvalue weighted by atomic mass is 10.1. The summed E-state index contributed by atoms with van der Waals surface area (Å²) in [5.41, 5.74) is 3.59. The van der Waals surface area contributed by atoms with Crippen LogP contribution in [0.4, 0.5) is 0 Å². The first-order chi connectivity index (χ1) is 7.83. The van der Waals surface area contributed by atoms with Gasteiger partial charge in [-0.25, -0.2) is 0 Å². The van der Waals surface area contributed by atoms with E-state index in [1.807, 2.05) is 6.07 Å². The van der Waals surface area contributed by atoms with Crippen LogP contribution in [0.1, 0.15) is 0 Å². The van der Waals surface area contributed by atoms with E-state index in [0.29, 0.717) is 0 Å². The number of aromatic nitrogens is 1. The van der Waals surface area contributed by atoms with E-state index in [0.717, 1.165) is 9.47 Å². The second kappa shape index (κ2) is 3.85. The van der Waals surface area contributed by atoms with Gasteiger partial charge in [0.2, 0.25) is 0 Å². The highest BCUT2D eigenvalue weighted by atomic mass is 32.1.